The fraction of sp³-hybridized carbons (Fsp3) is 0.600. The molecule has 3 nitrogen and oxygen atoms in total. The summed E-state index contributed by atoms with van der Waals surface area (Å²) in [5.74, 6) is 0.348. The molecular formula is C15H24FNO2. The Bertz CT molecular complexity index is 371. The average Bonchev–Trinajstić information content (AvgIpc) is 2.38. The van der Waals surface area contributed by atoms with E-state index >= 15 is 0 Å². The third kappa shape index (κ3) is 6.55. The molecule has 108 valence electrons. The quantitative estimate of drug-likeness (QED) is 0.699. The number of ether oxygens (including phenoxy) is 2. The molecule has 0 aliphatic rings. The Morgan fingerprint density at radius 2 is 2.16 bits per heavy atom. The minimum absolute atomic E-state index is 0.00703. The van der Waals surface area contributed by atoms with Crippen LogP contribution in [0.15, 0.2) is 18.2 Å². The van der Waals surface area contributed by atoms with E-state index in [2.05, 4.69) is 5.32 Å². The van der Waals surface area contributed by atoms with Gasteiger partial charge in [0.2, 0.25) is 0 Å². The fourth-order valence-corrected chi connectivity index (χ4v) is 1.71. The van der Waals surface area contributed by atoms with E-state index in [1.165, 1.54) is 12.1 Å². The van der Waals surface area contributed by atoms with Crippen molar-refractivity contribution in [1.82, 2.24) is 5.32 Å². The second kappa shape index (κ2) is 8.88. The van der Waals surface area contributed by atoms with Gasteiger partial charge in [0.05, 0.1) is 0 Å². The van der Waals surface area contributed by atoms with Crippen molar-refractivity contribution in [2.24, 2.45) is 0 Å². The molecule has 0 saturated heterocycles. The highest BCUT2D eigenvalue weighted by molar-refractivity contribution is 5.32. The van der Waals surface area contributed by atoms with E-state index < -0.39 is 0 Å². The third-order valence-corrected chi connectivity index (χ3v) is 2.76. The van der Waals surface area contributed by atoms with Gasteiger partial charge in [-0.1, -0.05) is 6.07 Å². The zero-order valence-electron chi connectivity index (χ0n) is 12.0. The Balaban J connectivity index is 2.23. The molecule has 0 bridgehead atoms. The Labute approximate surface area is 115 Å². The largest absolute Gasteiger partial charge is 0.489 e. The third-order valence-electron chi connectivity index (χ3n) is 2.76. The number of aryl methyl sites for hydroxylation is 1. The van der Waals surface area contributed by atoms with E-state index in [1.807, 2.05) is 20.8 Å². The number of hydrogen-bond acceptors (Lipinski definition) is 3. The average molecular weight is 269 g/mol. The summed E-state index contributed by atoms with van der Waals surface area (Å²) in [6.07, 6.45) is 0.993. The molecular weight excluding hydrogens is 245 g/mol. The molecule has 1 unspecified atom stereocenters. The number of rotatable bonds is 9. The maximum atomic E-state index is 13.1. The molecule has 0 spiro atoms. The van der Waals surface area contributed by atoms with Crippen molar-refractivity contribution in [1.29, 1.82) is 0 Å². The highest BCUT2D eigenvalue weighted by atomic mass is 19.1. The van der Waals surface area contributed by atoms with Gasteiger partial charge in [-0.15, -0.1) is 0 Å². The summed E-state index contributed by atoms with van der Waals surface area (Å²) in [5, 5.41) is 3.30. The highest BCUT2D eigenvalue weighted by Crippen LogP contribution is 2.19. The smallest absolute Gasteiger partial charge is 0.126 e. The van der Waals surface area contributed by atoms with Gasteiger partial charge in [-0.2, -0.15) is 0 Å². The molecule has 1 atom stereocenters. The minimum Gasteiger partial charge on any atom is -0.489 e. The predicted molar refractivity (Wildman–Crippen MR) is 75.2 cm³/mol. The first kappa shape index (κ1) is 15.9. The predicted octanol–water partition coefficient (Wildman–Crippen LogP) is 2.92. The summed E-state index contributed by atoms with van der Waals surface area (Å²) in [7, 11) is 0. The maximum Gasteiger partial charge on any atom is 0.126 e. The molecule has 0 heterocycles. The molecule has 1 rings (SSSR count). The molecule has 0 amide bonds. The molecule has 0 aromatic heterocycles. The van der Waals surface area contributed by atoms with Crippen molar-refractivity contribution in [3.05, 3.63) is 29.6 Å². The van der Waals surface area contributed by atoms with E-state index in [9.17, 15) is 4.39 Å². The van der Waals surface area contributed by atoms with Crippen molar-refractivity contribution < 1.29 is 13.9 Å². The van der Waals surface area contributed by atoms with Gasteiger partial charge in [0.25, 0.3) is 0 Å². The van der Waals surface area contributed by atoms with Crippen LogP contribution in [0.1, 0.15) is 25.8 Å². The van der Waals surface area contributed by atoms with Crippen LogP contribution in [0.25, 0.3) is 0 Å². The van der Waals surface area contributed by atoms with Crippen molar-refractivity contribution >= 4 is 0 Å². The van der Waals surface area contributed by atoms with Crippen LogP contribution in [0.4, 0.5) is 4.39 Å². The normalized spacial score (nSPS) is 12.4. The lowest BCUT2D eigenvalue weighted by molar-refractivity contribution is 0.143. The van der Waals surface area contributed by atoms with E-state index in [4.69, 9.17) is 9.47 Å². The van der Waals surface area contributed by atoms with E-state index in [0.29, 0.717) is 5.75 Å². The summed E-state index contributed by atoms with van der Waals surface area (Å²) >= 11 is 0. The van der Waals surface area contributed by atoms with Crippen LogP contribution in [0.2, 0.25) is 0 Å². The van der Waals surface area contributed by atoms with Crippen molar-refractivity contribution in [3.63, 3.8) is 0 Å². The second-order valence-electron chi connectivity index (χ2n) is 4.59. The molecule has 1 aromatic carbocycles. The molecule has 0 aliphatic carbocycles. The van der Waals surface area contributed by atoms with Gasteiger partial charge >= 0.3 is 0 Å². The Morgan fingerprint density at radius 1 is 1.37 bits per heavy atom. The number of nitrogens with one attached hydrogen (secondary N) is 1. The summed E-state index contributed by atoms with van der Waals surface area (Å²) in [5.41, 5.74) is 0.949. The lowest BCUT2D eigenvalue weighted by atomic mass is 10.2. The van der Waals surface area contributed by atoms with Gasteiger partial charge in [0.1, 0.15) is 17.7 Å². The lowest BCUT2D eigenvalue weighted by Gasteiger charge is -2.17. The van der Waals surface area contributed by atoms with Crippen LogP contribution in [-0.4, -0.2) is 32.4 Å². The van der Waals surface area contributed by atoms with Crippen molar-refractivity contribution in [3.8, 4) is 5.75 Å². The van der Waals surface area contributed by atoms with Crippen LogP contribution in [0.3, 0.4) is 0 Å². The van der Waals surface area contributed by atoms with Gasteiger partial charge < -0.3 is 14.8 Å². The molecule has 1 N–H and O–H groups in total. The number of halogens is 1. The lowest BCUT2D eigenvalue weighted by Crippen LogP contribution is -2.30. The first-order valence-corrected chi connectivity index (χ1v) is 6.84. The van der Waals surface area contributed by atoms with E-state index in [0.717, 1.165) is 38.3 Å². The second-order valence-corrected chi connectivity index (χ2v) is 4.59. The summed E-state index contributed by atoms with van der Waals surface area (Å²) < 4.78 is 24.1. The number of benzene rings is 1. The van der Waals surface area contributed by atoms with E-state index in [1.54, 1.807) is 6.07 Å². The number of hydrogen-bond donors (Lipinski definition) is 1. The zero-order valence-corrected chi connectivity index (χ0v) is 12.0. The van der Waals surface area contributed by atoms with Gasteiger partial charge in [0.15, 0.2) is 0 Å². The maximum absolute atomic E-state index is 13.1. The standard InChI is InChI=1S/C15H24FNO2/c1-4-18-9-5-8-17-11-13(3)19-15-10-14(16)7-6-12(15)2/h6-7,10,13,17H,4-5,8-9,11H2,1-3H3. The van der Waals surface area contributed by atoms with Gasteiger partial charge in [-0.3, -0.25) is 0 Å². The molecule has 0 saturated carbocycles. The molecule has 19 heavy (non-hydrogen) atoms. The topological polar surface area (TPSA) is 30.5 Å². The van der Waals surface area contributed by atoms with Crippen molar-refractivity contribution in [2.45, 2.75) is 33.3 Å². The van der Waals surface area contributed by atoms with Crippen LogP contribution in [0, 0.1) is 12.7 Å². The van der Waals surface area contributed by atoms with Gasteiger partial charge in [-0.25, -0.2) is 4.39 Å². The molecule has 4 heteroatoms. The van der Waals surface area contributed by atoms with Crippen LogP contribution >= 0.6 is 0 Å². The van der Waals surface area contributed by atoms with Crippen molar-refractivity contribution in [2.75, 3.05) is 26.3 Å². The Hall–Kier alpha value is -1.13. The molecule has 1 aromatic rings. The SMILES string of the molecule is CCOCCCNCC(C)Oc1cc(F)ccc1C. The fourth-order valence-electron chi connectivity index (χ4n) is 1.71. The van der Waals surface area contributed by atoms with Crippen LogP contribution in [-0.2, 0) is 4.74 Å². The summed E-state index contributed by atoms with van der Waals surface area (Å²) in [6.45, 7) is 9.06. The van der Waals surface area contributed by atoms with E-state index in [-0.39, 0.29) is 11.9 Å². The molecule has 0 radical (unpaired) electrons. The van der Waals surface area contributed by atoms with Crippen LogP contribution in [0.5, 0.6) is 5.75 Å². The van der Waals surface area contributed by atoms with Gasteiger partial charge in [-0.05, 0) is 45.4 Å². The zero-order chi connectivity index (χ0) is 14.1. The first-order chi connectivity index (χ1) is 9.13. The Kier molecular flexibility index (Phi) is 7.45. The summed E-state index contributed by atoms with van der Waals surface area (Å²) in [4.78, 5) is 0. The molecule has 0 fully saturated rings. The Morgan fingerprint density at radius 3 is 2.89 bits per heavy atom. The first-order valence-electron chi connectivity index (χ1n) is 6.84. The van der Waals surface area contributed by atoms with Crippen LogP contribution < -0.4 is 10.1 Å². The summed E-state index contributed by atoms with van der Waals surface area (Å²) in [6, 6.07) is 4.60. The minimum atomic E-state index is -0.266. The van der Waals surface area contributed by atoms with Gasteiger partial charge in [0, 0.05) is 25.8 Å². The monoisotopic (exact) mass is 269 g/mol. The highest BCUT2D eigenvalue weighted by Gasteiger charge is 2.07. The molecule has 0 aliphatic heterocycles.